The molecule has 144 valence electrons. The van der Waals surface area contributed by atoms with Crippen molar-refractivity contribution in [1.82, 2.24) is 4.98 Å². The Labute approximate surface area is 168 Å². The first-order valence-corrected chi connectivity index (χ1v) is 9.97. The highest BCUT2D eigenvalue weighted by molar-refractivity contribution is 7.99. The number of hydrogen-bond donors (Lipinski definition) is 1. The van der Waals surface area contributed by atoms with E-state index in [-0.39, 0.29) is 11.7 Å². The van der Waals surface area contributed by atoms with E-state index in [1.54, 1.807) is 13.0 Å². The fourth-order valence-electron chi connectivity index (χ4n) is 2.78. The summed E-state index contributed by atoms with van der Waals surface area (Å²) in [4.78, 5) is 28.9. The molecule has 3 rings (SSSR count). The van der Waals surface area contributed by atoms with Crippen LogP contribution >= 0.6 is 11.8 Å². The molecule has 0 saturated heterocycles. The average molecular weight is 394 g/mol. The summed E-state index contributed by atoms with van der Waals surface area (Å²) in [5.41, 5.74) is 3.71. The Morgan fingerprint density at radius 3 is 2.68 bits per heavy atom. The highest BCUT2D eigenvalue weighted by atomic mass is 32.2. The molecule has 0 aliphatic carbocycles. The molecule has 3 aromatic rings. The third-order valence-corrected chi connectivity index (χ3v) is 5.09. The summed E-state index contributed by atoms with van der Waals surface area (Å²) in [6, 6.07) is 17.3. The molecule has 2 aromatic carbocycles. The van der Waals surface area contributed by atoms with Gasteiger partial charge in [0, 0.05) is 11.1 Å². The van der Waals surface area contributed by atoms with Gasteiger partial charge in [-0.25, -0.2) is 4.98 Å². The molecule has 0 aliphatic heterocycles. The van der Waals surface area contributed by atoms with Crippen LogP contribution in [0.2, 0.25) is 0 Å². The Morgan fingerprint density at radius 2 is 1.89 bits per heavy atom. The maximum atomic E-state index is 12.2. The van der Waals surface area contributed by atoms with Gasteiger partial charge in [-0.1, -0.05) is 42.1 Å². The van der Waals surface area contributed by atoms with E-state index in [2.05, 4.69) is 10.3 Å². The fourth-order valence-corrected chi connectivity index (χ4v) is 3.53. The topological polar surface area (TPSA) is 68.3 Å². The van der Waals surface area contributed by atoms with Gasteiger partial charge in [0.1, 0.15) is 0 Å². The number of nitrogens with one attached hydrogen (secondary N) is 1. The highest BCUT2D eigenvalue weighted by Gasteiger charge is 2.18. The van der Waals surface area contributed by atoms with E-state index in [1.165, 1.54) is 11.8 Å². The van der Waals surface area contributed by atoms with Crippen LogP contribution in [0.5, 0.6) is 0 Å². The first-order chi connectivity index (χ1) is 13.4. The summed E-state index contributed by atoms with van der Waals surface area (Å²) in [6.45, 7) is 5.52. The van der Waals surface area contributed by atoms with Gasteiger partial charge >= 0.3 is 5.97 Å². The summed E-state index contributed by atoms with van der Waals surface area (Å²) in [6.07, 6.45) is -0.875. The minimum Gasteiger partial charge on any atom is -0.452 e. The zero-order valence-corrected chi connectivity index (χ0v) is 16.9. The quantitative estimate of drug-likeness (QED) is 0.492. The molecule has 0 aliphatic rings. The second-order valence-electron chi connectivity index (χ2n) is 6.57. The normalized spacial score (nSPS) is 11.8. The molecule has 1 heterocycles. The molecule has 5 nitrogen and oxygen atoms in total. The van der Waals surface area contributed by atoms with Crippen molar-refractivity contribution in [2.45, 2.75) is 31.9 Å². The minimum atomic E-state index is -0.875. The van der Waals surface area contributed by atoms with Crippen molar-refractivity contribution in [2.24, 2.45) is 0 Å². The smallest absolute Gasteiger partial charge is 0.317 e. The van der Waals surface area contributed by atoms with Crippen molar-refractivity contribution < 1.29 is 14.3 Å². The van der Waals surface area contributed by atoms with Crippen LogP contribution < -0.4 is 5.32 Å². The van der Waals surface area contributed by atoms with E-state index >= 15 is 0 Å². The van der Waals surface area contributed by atoms with Gasteiger partial charge in [-0.05, 0) is 56.2 Å². The van der Waals surface area contributed by atoms with E-state index < -0.39 is 12.1 Å². The predicted octanol–water partition coefficient (Wildman–Crippen LogP) is 4.51. The van der Waals surface area contributed by atoms with Crippen molar-refractivity contribution in [1.29, 1.82) is 0 Å². The monoisotopic (exact) mass is 394 g/mol. The lowest BCUT2D eigenvalue weighted by Crippen LogP contribution is -2.30. The van der Waals surface area contributed by atoms with E-state index in [0.29, 0.717) is 5.69 Å². The highest BCUT2D eigenvalue weighted by Crippen LogP contribution is 2.23. The maximum Gasteiger partial charge on any atom is 0.317 e. The number of esters is 1. The van der Waals surface area contributed by atoms with Gasteiger partial charge < -0.3 is 10.1 Å². The van der Waals surface area contributed by atoms with Crippen LogP contribution in [0.15, 0.2) is 59.6 Å². The van der Waals surface area contributed by atoms with E-state index in [4.69, 9.17) is 4.74 Å². The molecule has 1 amide bonds. The zero-order valence-electron chi connectivity index (χ0n) is 16.1. The summed E-state index contributed by atoms with van der Waals surface area (Å²) in [5.74, 6) is -0.722. The van der Waals surface area contributed by atoms with Crippen molar-refractivity contribution in [3.8, 4) is 0 Å². The van der Waals surface area contributed by atoms with Gasteiger partial charge in [0.2, 0.25) is 0 Å². The second-order valence-corrected chi connectivity index (χ2v) is 7.57. The second kappa shape index (κ2) is 8.89. The number of fused-ring (bicyclic) bond motifs is 1. The Balaban J connectivity index is 1.54. The number of ether oxygens (including phenoxy) is 1. The first-order valence-electron chi connectivity index (χ1n) is 8.98. The van der Waals surface area contributed by atoms with Crippen molar-refractivity contribution in [2.75, 3.05) is 11.1 Å². The Morgan fingerprint density at radius 1 is 1.11 bits per heavy atom. The third-order valence-electron chi connectivity index (χ3n) is 4.20. The largest absolute Gasteiger partial charge is 0.452 e. The molecule has 28 heavy (non-hydrogen) atoms. The number of aromatic nitrogens is 1. The molecule has 0 radical (unpaired) electrons. The van der Waals surface area contributed by atoms with E-state index in [9.17, 15) is 9.59 Å². The summed E-state index contributed by atoms with van der Waals surface area (Å²) < 4.78 is 5.25. The molecule has 6 heteroatoms. The van der Waals surface area contributed by atoms with Gasteiger partial charge in [-0.3, -0.25) is 9.59 Å². The Bertz CT molecular complexity index is 1020. The molecule has 0 saturated carbocycles. The van der Waals surface area contributed by atoms with Crippen LogP contribution in [-0.4, -0.2) is 28.7 Å². The fraction of sp³-hybridized carbons (Fsp3) is 0.227. The number of rotatable bonds is 6. The third kappa shape index (κ3) is 5.10. The number of nitrogens with zero attached hydrogens (tertiary/aromatic N) is 1. The summed E-state index contributed by atoms with van der Waals surface area (Å²) in [7, 11) is 0. The molecular weight excluding hydrogens is 372 g/mol. The number of amides is 1. The van der Waals surface area contributed by atoms with Crippen LogP contribution in [-0.2, 0) is 14.3 Å². The lowest BCUT2D eigenvalue weighted by Gasteiger charge is -2.14. The number of para-hydroxylation sites is 1. The van der Waals surface area contributed by atoms with Crippen molar-refractivity contribution in [3.63, 3.8) is 0 Å². The van der Waals surface area contributed by atoms with Crippen LogP contribution in [0, 0.1) is 13.8 Å². The van der Waals surface area contributed by atoms with E-state index in [0.717, 1.165) is 27.1 Å². The first kappa shape index (κ1) is 19.9. The molecule has 0 spiro atoms. The zero-order chi connectivity index (χ0) is 20.1. The molecular formula is C22H22N2O3S. The van der Waals surface area contributed by atoms with Crippen molar-refractivity contribution >= 4 is 40.2 Å². The van der Waals surface area contributed by atoms with Crippen LogP contribution in [0.1, 0.15) is 18.1 Å². The molecule has 0 fully saturated rings. The SMILES string of the molecule is Cc1cccc(NC(=O)[C@@H](C)OC(=O)CSc2cc(C)c3ccccc3n2)c1. The lowest BCUT2D eigenvalue weighted by molar-refractivity contribution is -0.150. The number of pyridine rings is 1. The lowest BCUT2D eigenvalue weighted by atomic mass is 10.1. The van der Waals surface area contributed by atoms with Gasteiger partial charge in [0.25, 0.3) is 5.91 Å². The predicted molar refractivity (Wildman–Crippen MR) is 113 cm³/mol. The van der Waals surface area contributed by atoms with Gasteiger partial charge in [0.15, 0.2) is 6.10 Å². The van der Waals surface area contributed by atoms with Crippen LogP contribution in [0.25, 0.3) is 10.9 Å². The van der Waals surface area contributed by atoms with Crippen LogP contribution in [0.3, 0.4) is 0 Å². The molecule has 1 N–H and O–H groups in total. The minimum absolute atomic E-state index is 0.0901. The molecule has 0 unspecified atom stereocenters. The number of carbonyl (C=O) groups is 2. The number of carbonyl (C=O) groups excluding carboxylic acids is 2. The molecule has 1 aromatic heterocycles. The molecule has 0 bridgehead atoms. The van der Waals surface area contributed by atoms with Gasteiger partial charge in [0.05, 0.1) is 16.3 Å². The Hall–Kier alpha value is -2.86. The number of thioether (sulfide) groups is 1. The average Bonchev–Trinajstić information content (AvgIpc) is 2.66. The van der Waals surface area contributed by atoms with E-state index in [1.807, 2.05) is 62.4 Å². The Kier molecular flexibility index (Phi) is 6.31. The van der Waals surface area contributed by atoms with Crippen LogP contribution in [0.4, 0.5) is 5.69 Å². The number of hydrogen-bond acceptors (Lipinski definition) is 5. The number of aryl methyl sites for hydroxylation is 2. The summed E-state index contributed by atoms with van der Waals surface area (Å²) in [5, 5.41) is 4.60. The summed E-state index contributed by atoms with van der Waals surface area (Å²) >= 11 is 1.30. The van der Waals surface area contributed by atoms with Gasteiger partial charge in [-0.15, -0.1) is 0 Å². The molecule has 1 atom stereocenters. The standard InChI is InChI=1S/C22H22N2O3S/c1-14-7-6-8-17(11-14)23-22(26)16(3)27-21(25)13-28-20-12-15(2)18-9-4-5-10-19(18)24-20/h4-12,16H,13H2,1-3H3,(H,23,26)/t16-/m1/s1. The maximum absolute atomic E-state index is 12.2. The van der Waals surface area contributed by atoms with Gasteiger partial charge in [-0.2, -0.15) is 0 Å². The van der Waals surface area contributed by atoms with Crippen molar-refractivity contribution in [3.05, 3.63) is 65.7 Å². The number of anilines is 1. The number of benzene rings is 2.